The van der Waals surface area contributed by atoms with E-state index in [-0.39, 0.29) is 18.4 Å². The third-order valence-electron chi connectivity index (χ3n) is 5.15. The first-order valence-electron chi connectivity index (χ1n) is 10.0. The molecule has 1 N–H and O–H groups in total. The van der Waals surface area contributed by atoms with Gasteiger partial charge in [0.05, 0.1) is 25.9 Å². The van der Waals surface area contributed by atoms with Crippen LogP contribution in [0.3, 0.4) is 0 Å². The number of para-hydroxylation sites is 2. The molecule has 6 nitrogen and oxygen atoms in total. The zero-order valence-electron chi connectivity index (χ0n) is 16.9. The summed E-state index contributed by atoms with van der Waals surface area (Å²) in [6.45, 7) is 6.03. The number of carbonyl (C=O) groups excluding carboxylic acids is 2. The van der Waals surface area contributed by atoms with Crippen LogP contribution in [0, 0.1) is 0 Å². The van der Waals surface area contributed by atoms with E-state index in [4.69, 9.17) is 4.74 Å². The zero-order chi connectivity index (χ0) is 19.6. The fourth-order valence-corrected chi connectivity index (χ4v) is 3.72. The highest BCUT2D eigenvalue weighted by molar-refractivity contribution is 5.95. The van der Waals surface area contributed by atoms with Crippen molar-refractivity contribution < 1.29 is 14.3 Å². The van der Waals surface area contributed by atoms with E-state index in [0.717, 1.165) is 13.0 Å². The summed E-state index contributed by atoms with van der Waals surface area (Å²) in [5, 5.41) is 2.86. The van der Waals surface area contributed by atoms with Crippen molar-refractivity contribution in [2.75, 3.05) is 38.6 Å². The molecule has 150 valence electrons. The predicted octanol–water partition coefficient (Wildman–Crippen LogP) is 3.14. The molecule has 0 heterocycles. The Labute approximate surface area is 162 Å². The van der Waals surface area contributed by atoms with Crippen molar-refractivity contribution in [1.29, 1.82) is 0 Å². The lowest BCUT2D eigenvalue weighted by Gasteiger charge is -2.30. The third-order valence-corrected chi connectivity index (χ3v) is 5.15. The molecule has 0 spiro atoms. The number of benzene rings is 1. The summed E-state index contributed by atoms with van der Waals surface area (Å²) in [7, 11) is 1.57. The van der Waals surface area contributed by atoms with Gasteiger partial charge in [-0.05, 0) is 37.9 Å². The maximum atomic E-state index is 12.8. The standard InChI is InChI=1S/C21H33N3O3/c1-4-14-24(21(26)16-23(5-2)17-10-6-7-11-17)15-20(25)22-18-12-8-9-13-19(18)27-3/h8-9,12-13,17H,4-7,10-11,14-16H2,1-3H3,(H,22,25). The van der Waals surface area contributed by atoms with E-state index in [1.165, 1.54) is 25.7 Å². The zero-order valence-corrected chi connectivity index (χ0v) is 16.9. The lowest BCUT2D eigenvalue weighted by atomic mass is 10.2. The molecule has 0 aliphatic heterocycles. The average molecular weight is 376 g/mol. The third kappa shape index (κ3) is 6.24. The Hall–Kier alpha value is -2.08. The normalized spacial score (nSPS) is 14.4. The summed E-state index contributed by atoms with van der Waals surface area (Å²) in [6.07, 6.45) is 5.65. The highest BCUT2D eigenvalue weighted by Gasteiger charge is 2.25. The summed E-state index contributed by atoms with van der Waals surface area (Å²) in [6, 6.07) is 7.79. The van der Waals surface area contributed by atoms with Gasteiger partial charge in [0.1, 0.15) is 5.75 Å². The minimum atomic E-state index is -0.204. The maximum absolute atomic E-state index is 12.8. The van der Waals surface area contributed by atoms with Crippen molar-refractivity contribution in [3.05, 3.63) is 24.3 Å². The number of anilines is 1. The lowest BCUT2D eigenvalue weighted by molar-refractivity contribution is -0.136. The molecule has 1 aliphatic carbocycles. The molecule has 2 amide bonds. The molecule has 1 aromatic rings. The minimum Gasteiger partial charge on any atom is -0.495 e. The van der Waals surface area contributed by atoms with Gasteiger partial charge in [-0.2, -0.15) is 0 Å². The van der Waals surface area contributed by atoms with Crippen LogP contribution in [0.5, 0.6) is 5.75 Å². The number of hydrogen-bond acceptors (Lipinski definition) is 4. The van der Waals surface area contributed by atoms with Gasteiger partial charge in [-0.25, -0.2) is 0 Å². The van der Waals surface area contributed by atoms with Crippen molar-refractivity contribution in [3.63, 3.8) is 0 Å². The fraction of sp³-hybridized carbons (Fsp3) is 0.619. The molecule has 0 atom stereocenters. The maximum Gasteiger partial charge on any atom is 0.244 e. The lowest BCUT2D eigenvalue weighted by Crippen LogP contribution is -2.46. The first-order chi connectivity index (χ1) is 13.1. The van der Waals surface area contributed by atoms with Crippen LogP contribution < -0.4 is 10.1 Å². The second-order valence-corrected chi connectivity index (χ2v) is 7.07. The van der Waals surface area contributed by atoms with Crippen LogP contribution in [0.15, 0.2) is 24.3 Å². The Balaban J connectivity index is 1.96. The smallest absolute Gasteiger partial charge is 0.244 e. The van der Waals surface area contributed by atoms with Crippen LogP contribution >= 0.6 is 0 Å². The number of nitrogens with one attached hydrogen (secondary N) is 1. The molecule has 0 saturated heterocycles. The molecule has 0 aromatic heterocycles. The summed E-state index contributed by atoms with van der Waals surface area (Å²) in [5.74, 6) is 0.434. The summed E-state index contributed by atoms with van der Waals surface area (Å²) < 4.78 is 5.27. The molecule has 2 rings (SSSR count). The van der Waals surface area contributed by atoms with Crippen molar-refractivity contribution in [2.45, 2.75) is 52.0 Å². The summed E-state index contributed by atoms with van der Waals surface area (Å²) in [4.78, 5) is 29.3. The van der Waals surface area contributed by atoms with Crippen molar-refractivity contribution >= 4 is 17.5 Å². The number of rotatable bonds is 10. The number of amides is 2. The van der Waals surface area contributed by atoms with Crippen molar-refractivity contribution in [1.82, 2.24) is 9.80 Å². The van der Waals surface area contributed by atoms with Gasteiger partial charge < -0.3 is 15.0 Å². The van der Waals surface area contributed by atoms with Crippen LogP contribution in [-0.4, -0.2) is 60.9 Å². The Bertz CT molecular complexity index is 614. The Morgan fingerprint density at radius 3 is 2.48 bits per heavy atom. The van der Waals surface area contributed by atoms with Gasteiger partial charge in [-0.1, -0.05) is 38.8 Å². The molecule has 1 aromatic carbocycles. The van der Waals surface area contributed by atoms with Gasteiger partial charge in [0.15, 0.2) is 0 Å². The van der Waals surface area contributed by atoms with Gasteiger partial charge >= 0.3 is 0 Å². The molecular weight excluding hydrogens is 342 g/mol. The van der Waals surface area contributed by atoms with Gasteiger partial charge in [0.25, 0.3) is 0 Å². The van der Waals surface area contributed by atoms with Crippen LogP contribution in [0.1, 0.15) is 46.0 Å². The molecule has 0 radical (unpaired) electrons. The quantitative estimate of drug-likeness (QED) is 0.682. The van der Waals surface area contributed by atoms with E-state index in [2.05, 4.69) is 17.1 Å². The van der Waals surface area contributed by atoms with Crippen LogP contribution in [0.4, 0.5) is 5.69 Å². The van der Waals surface area contributed by atoms with Gasteiger partial charge in [0.2, 0.25) is 11.8 Å². The summed E-state index contributed by atoms with van der Waals surface area (Å²) in [5.41, 5.74) is 0.620. The molecular formula is C21H33N3O3. The second-order valence-electron chi connectivity index (χ2n) is 7.07. The SMILES string of the molecule is CCCN(CC(=O)Nc1ccccc1OC)C(=O)CN(CC)C1CCCC1. The number of nitrogens with zero attached hydrogens (tertiary/aromatic N) is 2. The summed E-state index contributed by atoms with van der Waals surface area (Å²) >= 11 is 0. The molecule has 1 saturated carbocycles. The second kappa shape index (κ2) is 10.9. The molecule has 27 heavy (non-hydrogen) atoms. The predicted molar refractivity (Wildman–Crippen MR) is 108 cm³/mol. The van der Waals surface area contributed by atoms with Crippen LogP contribution in [-0.2, 0) is 9.59 Å². The number of ether oxygens (including phenoxy) is 1. The highest BCUT2D eigenvalue weighted by Crippen LogP contribution is 2.24. The minimum absolute atomic E-state index is 0.0285. The van der Waals surface area contributed by atoms with Crippen LogP contribution in [0.2, 0.25) is 0 Å². The number of likely N-dealkylation sites (N-methyl/N-ethyl adjacent to an activating group) is 1. The van der Waals surface area contributed by atoms with Crippen molar-refractivity contribution in [2.24, 2.45) is 0 Å². The molecule has 1 aliphatic rings. The van der Waals surface area contributed by atoms with E-state index in [0.29, 0.717) is 30.6 Å². The van der Waals surface area contributed by atoms with E-state index in [9.17, 15) is 9.59 Å². The highest BCUT2D eigenvalue weighted by atomic mass is 16.5. The Morgan fingerprint density at radius 2 is 1.85 bits per heavy atom. The molecule has 1 fully saturated rings. The van der Waals surface area contributed by atoms with E-state index in [1.807, 2.05) is 19.1 Å². The Morgan fingerprint density at radius 1 is 1.15 bits per heavy atom. The fourth-order valence-electron chi connectivity index (χ4n) is 3.72. The Kier molecular flexibility index (Phi) is 8.58. The van der Waals surface area contributed by atoms with E-state index < -0.39 is 0 Å². The van der Waals surface area contributed by atoms with E-state index >= 15 is 0 Å². The molecule has 0 unspecified atom stereocenters. The molecule has 0 bridgehead atoms. The van der Waals surface area contributed by atoms with Gasteiger partial charge in [0, 0.05) is 12.6 Å². The number of hydrogen-bond donors (Lipinski definition) is 1. The average Bonchev–Trinajstić information content (AvgIpc) is 3.20. The van der Waals surface area contributed by atoms with E-state index in [1.54, 1.807) is 24.1 Å². The topological polar surface area (TPSA) is 61.9 Å². The first kappa shape index (κ1) is 21.2. The number of carbonyl (C=O) groups is 2. The van der Waals surface area contributed by atoms with Gasteiger partial charge in [-0.3, -0.25) is 14.5 Å². The largest absolute Gasteiger partial charge is 0.495 e. The number of methoxy groups -OCH3 is 1. The van der Waals surface area contributed by atoms with Crippen LogP contribution in [0.25, 0.3) is 0 Å². The first-order valence-corrected chi connectivity index (χ1v) is 10.0. The molecule has 6 heteroatoms. The monoisotopic (exact) mass is 375 g/mol. The van der Waals surface area contributed by atoms with Gasteiger partial charge in [-0.15, -0.1) is 0 Å². The van der Waals surface area contributed by atoms with Crippen molar-refractivity contribution in [3.8, 4) is 5.75 Å².